The average Bonchev–Trinajstić information content (AvgIpc) is 2.74. The summed E-state index contributed by atoms with van der Waals surface area (Å²) in [5.74, 6) is 2.33. The first-order chi connectivity index (χ1) is 13.7. The zero-order valence-corrected chi connectivity index (χ0v) is 17.1. The number of benzene rings is 3. The second kappa shape index (κ2) is 8.40. The molecule has 4 aromatic rings. The normalized spacial score (nSPS) is 10.8. The van der Waals surface area contributed by atoms with E-state index in [0.717, 1.165) is 44.6 Å². The third kappa shape index (κ3) is 4.15. The number of aromatic nitrogens is 2. The highest BCUT2D eigenvalue weighted by Crippen LogP contribution is 2.28. The summed E-state index contributed by atoms with van der Waals surface area (Å²) in [5.41, 5.74) is 2.83. The predicted molar refractivity (Wildman–Crippen MR) is 118 cm³/mol. The highest BCUT2D eigenvalue weighted by atomic mass is 79.9. The number of rotatable bonds is 6. The van der Waals surface area contributed by atoms with E-state index in [-0.39, 0.29) is 0 Å². The van der Waals surface area contributed by atoms with Crippen LogP contribution in [0.3, 0.4) is 0 Å². The Labute approximate surface area is 172 Å². The minimum atomic E-state index is 0.681. The Morgan fingerprint density at radius 1 is 0.893 bits per heavy atom. The van der Waals surface area contributed by atoms with Gasteiger partial charge in [-0.25, -0.2) is 9.97 Å². The Bertz CT molecular complexity index is 1080. The van der Waals surface area contributed by atoms with Gasteiger partial charge in [0, 0.05) is 21.1 Å². The standard InChI is InChI=1S/C23H20BrN3O/c1-2-15-28-19-13-7-16(8-14-19)22-26-21-6-4-3-5-20(21)23(27-22)25-18-11-9-17(24)10-12-18/h3-14H,2,15H2,1H3,(H,25,26,27). The molecule has 3 aromatic carbocycles. The molecule has 28 heavy (non-hydrogen) atoms. The van der Waals surface area contributed by atoms with Gasteiger partial charge in [0.05, 0.1) is 12.1 Å². The van der Waals surface area contributed by atoms with Crippen LogP contribution in [0.15, 0.2) is 77.3 Å². The van der Waals surface area contributed by atoms with Gasteiger partial charge in [-0.3, -0.25) is 0 Å². The maximum atomic E-state index is 5.67. The summed E-state index contributed by atoms with van der Waals surface area (Å²) in [7, 11) is 0. The van der Waals surface area contributed by atoms with Crippen LogP contribution in [0.2, 0.25) is 0 Å². The van der Waals surface area contributed by atoms with Gasteiger partial charge in [0.25, 0.3) is 0 Å². The molecule has 1 aromatic heterocycles. The number of anilines is 2. The van der Waals surface area contributed by atoms with Gasteiger partial charge < -0.3 is 10.1 Å². The van der Waals surface area contributed by atoms with E-state index in [1.165, 1.54) is 0 Å². The molecule has 0 atom stereocenters. The minimum absolute atomic E-state index is 0.681. The van der Waals surface area contributed by atoms with Crippen molar-refractivity contribution in [3.8, 4) is 17.1 Å². The van der Waals surface area contributed by atoms with Gasteiger partial charge >= 0.3 is 0 Å². The Hall–Kier alpha value is -2.92. The van der Waals surface area contributed by atoms with Crippen LogP contribution in [-0.2, 0) is 0 Å². The monoisotopic (exact) mass is 433 g/mol. The van der Waals surface area contributed by atoms with Crippen LogP contribution in [0.4, 0.5) is 11.5 Å². The molecular weight excluding hydrogens is 414 g/mol. The van der Waals surface area contributed by atoms with E-state index in [1.54, 1.807) is 0 Å². The van der Waals surface area contributed by atoms with Gasteiger partial charge in [-0.05, 0) is 67.1 Å². The number of para-hydroxylation sites is 1. The number of ether oxygens (including phenoxy) is 1. The van der Waals surface area contributed by atoms with E-state index < -0.39 is 0 Å². The van der Waals surface area contributed by atoms with Gasteiger partial charge in [0.15, 0.2) is 5.82 Å². The van der Waals surface area contributed by atoms with E-state index in [1.807, 2.05) is 72.8 Å². The molecule has 5 heteroatoms. The van der Waals surface area contributed by atoms with Gasteiger partial charge in [-0.15, -0.1) is 0 Å². The Morgan fingerprint density at radius 2 is 1.64 bits per heavy atom. The fourth-order valence-corrected chi connectivity index (χ4v) is 3.16. The van der Waals surface area contributed by atoms with Crippen molar-refractivity contribution in [2.24, 2.45) is 0 Å². The molecular formula is C23H20BrN3O. The molecule has 1 N–H and O–H groups in total. The summed E-state index contributed by atoms with van der Waals surface area (Å²) in [6.07, 6.45) is 0.987. The molecule has 0 amide bonds. The van der Waals surface area contributed by atoms with Crippen molar-refractivity contribution in [3.05, 3.63) is 77.3 Å². The molecule has 4 rings (SSSR count). The first kappa shape index (κ1) is 18.4. The first-order valence-corrected chi connectivity index (χ1v) is 10.0. The van der Waals surface area contributed by atoms with Crippen molar-refractivity contribution in [2.45, 2.75) is 13.3 Å². The van der Waals surface area contributed by atoms with Crippen molar-refractivity contribution in [1.29, 1.82) is 0 Å². The third-order valence-corrected chi connectivity index (χ3v) is 4.82. The largest absolute Gasteiger partial charge is 0.494 e. The maximum Gasteiger partial charge on any atom is 0.162 e. The second-order valence-corrected chi connectivity index (χ2v) is 7.33. The van der Waals surface area contributed by atoms with Crippen LogP contribution in [0.5, 0.6) is 5.75 Å². The van der Waals surface area contributed by atoms with E-state index in [9.17, 15) is 0 Å². The van der Waals surface area contributed by atoms with Crippen molar-refractivity contribution in [1.82, 2.24) is 9.97 Å². The summed E-state index contributed by atoms with van der Waals surface area (Å²) in [5, 5.41) is 4.41. The van der Waals surface area contributed by atoms with Crippen molar-refractivity contribution < 1.29 is 4.74 Å². The molecule has 0 spiro atoms. The fourth-order valence-electron chi connectivity index (χ4n) is 2.89. The van der Waals surface area contributed by atoms with Crippen molar-refractivity contribution in [3.63, 3.8) is 0 Å². The number of halogens is 1. The minimum Gasteiger partial charge on any atom is -0.494 e. The zero-order valence-electron chi connectivity index (χ0n) is 15.5. The molecule has 1 heterocycles. The average molecular weight is 434 g/mol. The number of hydrogen-bond acceptors (Lipinski definition) is 4. The van der Waals surface area contributed by atoms with E-state index in [4.69, 9.17) is 14.7 Å². The smallest absolute Gasteiger partial charge is 0.162 e. The van der Waals surface area contributed by atoms with Crippen LogP contribution in [0, 0.1) is 0 Å². The Balaban J connectivity index is 1.72. The summed E-state index contributed by atoms with van der Waals surface area (Å²) in [6.45, 7) is 2.81. The van der Waals surface area contributed by atoms with Crippen LogP contribution in [0.1, 0.15) is 13.3 Å². The molecule has 0 bridgehead atoms. The van der Waals surface area contributed by atoms with Gasteiger partial charge in [-0.2, -0.15) is 0 Å². The Morgan fingerprint density at radius 3 is 2.39 bits per heavy atom. The molecule has 0 aliphatic rings. The molecule has 0 aliphatic carbocycles. The summed E-state index contributed by atoms with van der Waals surface area (Å²) in [4.78, 5) is 9.56. The summed E-state index contributed by atoms with van der Waals surface area (Å²) >= 11 is 3.47. The maximum absolute atomic E-state index is 5.67. The first-order valence-electron chi connectivity index (χ1n) is 9.25. The lowest BCUT2D eigenvalue weighted by Crippen LogP contribution is -1.99. The van der Waals surface area contributed by atoms with Gasteiger partial charge in [-0.1, -0.05) is 35.0 Å². The summed E-state index contributed by atoms with van der Waals surface area (Å²) < 4.78 is 6.71. The molecule has 4 nitrogen and oxygen atoms in total. The third-order valence-electron chi connectivity index (χ3n) is 4.30. The molecule has 0 fully saturated rings. The van der Waals surface area contributed by atoms with Crippen LogP contribution < -0.4 is 10.1 Å². The Kier molecular flexibility index (Phi) is 5.53. The quantitative estimate of drug-likeness (QED) is 0.372. The molecule has 0 unspecified atom stereocenters. The number of hydrogen-bond donors (Lipinski definition) is 1. The SMILES string of the molecule is CCCOc1ccc(-c2nc(Nc3ccc(Br)cc3)c3ccccc3n2)cc1. The lowest BCUT2D eigenvalue weighted by Gasteiger charge is -2.12. The lowest BCUT2D eigenvalue weighted by molar-refractivity contribution is 0.317. The summed E-state index contributed by atoms with van der Waals surface area (Å²) in [6, 6.07) is 24.0. The molecule has 140 valence electrons. The van der Waals surface area contributed by atoms with Crippen molar-refractivity contribution >= 4 is 38.3 Å². The molecule has 0 saturated heterocycles. The molecule has 0 radical (unpaired) electrons. The molecule has 0 aliphatic heterocycles. The lowest BCUT2D eigenvalue weighted by atomic mass is 10.1. The predicted octanol–water partition coefficient (Wildman–Crippen LogP) is 6.59. The second-order valence-electron chi connectivity index (χ2n) is 6.42. The highest BCUT2D eigenvalue weighted by molar-refractivity contribution is 9.10. The number of nitrogens with zero attached hydrogens (tertiary/aromatic N) is 2. The number of fused-ring (bicyclic) bond motifs is 1. The van der Waals surface area contributed by atoms with Crippen LogP contribution in [-0.4, -0.2) is 16.6 Å². The van der Waals surface area contributed by atoms with E-state index in [2.05, 4.69) is 28.2 Å². The number of nitrogens with one attached hydrogen (secondary N) is 1. The van der Waals surface area contributed by atoms with Crippen LogP contribution >= 0.6 is 15.9 Å². The van der Waals surface area contributed by atoms with E-state index >= 15 is 0 Å². The van der Waals surface area contributed by atoms with Crippen LogP contribution in [0.25, 0.3) is 22.3 Å². The fraction of sp³-hybridized carbons (Fsp3) is 0.130. The zero-order chi connectivity index (χ0) is 19.3. The van der Waals surface area contributed by atoms with Gasteiger partial charge in [0.2, 0.25) is 0 Å². The van der Waals surface area contributed by atoms with E-state index in [0.29, 0.717) is 12.4 Å². The highest BCUT2D eigenvalue weighted by Gasteiger charge is 2.10. The molecule has 0 saturated carbocycles. The topological polar surface area (TPSA) is 47.0 Å². The van der Waals surface area contributed by atoms with Crippen molar-refractivity contribution in [2.75, 3.05) is 11.9 Å². The van der Waals surface area contributed by atoms with Gasteiger partial charge in [0.1, 0.15) is 11.6 Å².